The number of aromatic amines is 1. The Morgan fingerprint density at radius 3 is 2.94 bits per heavy atom. The molecule has 0 saturated heterocycles. The van der Waals surface area contributed by atoms with Gasteiger partial charge in [-0.15, -0.1) is 5.10 Å². The Bertz CT molecular complexity index is 523. The molecule has 2 heterocycles. The summed E-state index contributed by atoms with van der Waals surface area (Å²) in [6.07, 6.45) is 1.61. The normalized spacial score (nSPS) is 10.4. The van der Waals surface area contributed by atoms with Crippen molar-refractivity contribution in [3.63, 3.8) is 0 Å². The second-order valence-electron chi connectivity index (χ2n) is 3.24. The van der Waals surface area contributed by atoms with Gasteiger partial charge < -0.3 is 0 Å². The summed E-state index contributed by atoms with van der Waals surface area (Å²) >= 11 is 1.32. The lowest BCUT2D eigenvalue weighted by molar-refractivity contribution is 0.101. The molecule has 0 aliphatic carbocycles. The van der Waals surface area contributed by atoms with Crippen LogP contribution in [0.1, 0.15) is 23.1 Å². The summed E-state index contributed by atoms with van der Waals surface area (Å²) in [5, 5.41) is 8.05. The second kappa shape index (κ2) is 4.44. The lowest BCUT2D eigenvalue weighted by Gasteiger charge is -1.98. The number of aryl methyl sites for hydroxylation is 1. The minimum absolute atomic E-state index is 0.0235. The second-order valence-corrected chi connectivity index (χ2v) is 4.23. The number of nitrogens with one attached hydrogen (secondary N) is 1. The molecule has 0 unspecified atom stereocenters. The maximum absolute atomic E-state index is 11.2. The molecule has 0 aromatic carbocycles. The minimum Gasteiger partial charge on any atom is -0.295 e. The molecular weight excluding hydrogens is 224 g/mol. The van der Waals surface area contributed by atoms with Crippen LogP contribution in [0.5, 0.6) is 0 Å². The molecule has 5 nitrogen and oxygen atoms in total. The lowest BCUT2D eigenvalue weighted by Crippen LogP contribution is -1.93. The highest BCUT2D eigenvalue weighted by molar-refractivity contribution is 7.99. The molecule has 0 saturated carbocycles. The van der Waals surface area contributed by atoms with Gasteiger partial charge in [-0.1, -0.05) is 0 Å². The predicted molar refractivity (Wildman–Crippen MR) is 59.5 cm³/mol. The van der Waals surface area contributed by atoms with Crippen LogP contribution in [0.25, 0.3) is 0 Å². The van der Waals surface area contributed by atoms with Crippen LogP contribution in [0.4, 0.5) is 0 Å². The topological polar surface area (TPSA) is 71.5 Å². The first kappa shape index (κ1) is 10.8. The number of rotatable bonds is 3. The first-order valence-electron chi connectivity index (χ1n) is 4.69. The van der Waals surface area contributed by atoms with E-state index in [9.17, 15) is 4.79 Å². The molecule has 16 heavy (non-hydrogen) atoms. The van der Waals surface area contributed by atoms with Gasteiger partial charge in [-0.25, -0.2) is 9.97 Å². The van der Waals surface area contributed by atoms with E-state index in [0.29, 0.717) is 15.7 Å². The zero-order chi connectivity index (χ0) is 11.5. The number of nitrogens with zero attached hydrogens (tertiary/aromatic N) is 3. The number of carbonyl (C=O) groups excluding carboxylic acids is 1. The van der Waals surface area contributed by atoms with Gasteiger partial charge in [0, 0.05) is 11.8 Å². The average molecular weight is 234 g/mol. The number of H-pyrrole nitrogens is 1. The van der Waals surface area contributed by atoms with E-state index >= 15 is 0 Å². The molecule has 82 valence electrons. The van der Waals surface area contributed by atoms with Crippen LogP contribution in [0.2, 0.25) is 0 Å². The average Bonchev–Trinajstić information content (AvgIpc) is 2.64. The van der Waals surface area contributed by atoms with E-state index in [0.717, 1.165) is 5.82 Å². The molecule has 0 fully saturated rings. The van der Waals surface area contributed by atoms with Crippen molar-refractivity contribution in [2.24, 2.45) is 0 Å². The largest absolute Gasteiger partial charge is 0.295 e. The third-order valence-corrected chi connectivity index (χ3v) is 2.71. The first-order valence-corrected chi connectivity index (χ1v) is 5.50. The Morgan fingerprint density at radius 1 is 1.50 bits per heavy atom. The fraction of sp³-hybridized carbons (Fsp3) is 0.200. The fourth-order valence-electron chi connectivity index (χ4n) is 1.15. The Morgan fingerprint density at radius 2 is 2.31 bits per heavy atom. The van der Waals surface area contributed by atoms with Gasteiger partial charge in [0.1, 0.15) is 10.9 Å². The highest BCUT2D eigenvalue weighted by Crippen LogP contribution is 2.22. The summed E-state index contributed by atoms with van der Waals surface area (Å²) in [7, 11) is 0. The SMILES string of the molecule is CC(=O)c1ccnc(Sc2n[nH]c(C)n2)c1. The zero-order valence-electron chi connectivity index (χ0n) is 8.89. The molecule has 0 radical (unpaired) electrons. The molecule has 0 spiro atoms. The van der Waals surface area contributed by atoms with E-state index in [4.69, 9.17) is 0 Å². The summed E-state index contributed by atoms with van der Waals surface area (Å²) in [5.41, 5.74) is 0.643. The molecule has 1 N–H and O–H groups in total. The Labute approximate surface area is 96.7 Å². The van der Waals surface area contributed by atoms with Gasteiger partial charge in [-0.2, -0.15) is 0 Å². The van der Waals surface area contributed by atoms with Gasteiger partial charge in [-0.05, 0) is 37.7 Å². The summed E-state index contributed by atoms with van der Waals surface area (Å²) in [4.78, 5) is 19.5. The van der Waals surface area contributed by atoms with Crippen molar-refractivity contribution >= 4 is 17.5 Å². The maximum Gasteiger partial charge on any atom is 0.214 e. The maximum atomic E-state index is 11.2. The number of pyridine rings is 1. The van der Waals surface area contributed by atoms with Crippen LogP contribution in [0, 0.1) is 6.92 Å². The first-order chi connectivity index (χ1) is 7.65. The van der Waals surface area contributed by atoms with Crippen molar-refractivity contribution in [2.45, 2.75) is 24.0 Å². The Balaban J connectivity index is 2.21. The molecule has 2 rings (SSSR count). The molecule has 6 heteroatoms. The number of ketones is 1. The van der Waals surface area contributed by atoms with Gasteiger partial charge >= 0.3 is 0 Å². The van der Waals surface area contributed by atoms with Gasteiger partial charge in [0.05, 0.1) is 0 Å². The van der Waals surface area contributed by atoms with E-state index in [2.05, 4.69) is 20.2 Å². The van der Waals surface area contributed by atoms with Crippen molar-refractivity contribution < 1.29 is 4.79 Å². The van der Waals surface area contributed by atoms with Gasteiger partial charge in [0.25, 0.3) is 0 Å². The van der Waals surface area contributed by atoms with Crippen molar-refractivity contribution in [1.82, 2.24) is 20.2 Å². The third-order valence-electron chi connectivity index (χ3n) is 1.91. The van der Waals surface area contributed by atoms with Crippen molar-refractivity contribution in [3.05, 3.63) is 29.7 Å². The van der Waals surface area contributed by atoms with Gasteiger partial charge in [0.2, 0.25) is 5.16 Å². The molecular formula is C10H10N4OS. The fourth-order valence-corrected chi connectivity index (χ4v) is 1.91. The van der Waals surface area contributed by atoms with Crippen LogP contribution in [-0.4, -0.2) is 25.9 Å². The standard InChI is InChI=1S/C10H10N4OS/c1-6(15)8-3-4-11-9(5-8)16-10-12-7(2)13-14-10/h3-5H,1-2H3,(H,12,13,14). The Hall–Kier alpha value is -1.69. The van der Waals surface area contributed by atoms with Crippen LogP contribution in [0.3, 0.4) is 0 Å². The van der Waals surface area contributed by atoms with E-state index in [1.165, 1.54) is 18.7 Å². The van der Waals surface area contributed by atoms with E-state index in [1.807, 2.05) is 6.92 Å². The molecule has 0 atom stereocenters. The molecule has 0 amide bonds. The third kappa shape index (κ3) is 2.46. The molecule has 0 bridgehead atoms. The Kier molecular flexibility index (Phi) is 3.00. The quantitative estimate of drug-likeness (QED) is 0.821. The molecule has 2 aromatic heterocycles. The van der Waals surface area contributed by atoms with Crippen molar-refractivity contribution in [2.75, 3.05) is 0 Å². The monoisotopic (exact) mass is 234 g/mol. The summed E-state index contributed by atoms with van der Waals surface area (Å²) in [6.45, 7) is 3.36. The summed E-state index contributed by atoms with van der Waals surface area (Å²) in [5.74, 6) is 0.778. The summed E-state index contributed by atoms with van der Waals surface area (Å²) in [6, 6.07) is 3.42. The molecule has 2 aromatic rings. The highest BCUT2D eigenvalue weighted by atomic mass is 32.2. The van der Waals surface area contributed by atoms with Crippen LogP contribution in [-0.2, 0) is 0 Å². The number of carbonyl (C=O) groups is 1. The minimum atomic E-state index is 0.0235. The summed E-state index contributed by atoms with van der Waals surface area (Å²) < 4.78 is 0. The van der Waals surface area contributed by atoms with Crippen LogP contribution in [0.15, 0.2) is 28.5 Å². The van der Waals surface area contributed by atoms with Crippen molar-refractivity contribution in [1.29, 1.82) is 0 Å². The lowest BCUT2D eigenvalue weighted by atomic mass is 10.2. The predicted octanol–water partition coefficient (Wildman–Crippen LogP) is 1.86. The number of hydrogen-bond acceptors (Lipinski definition) is 5. The zero-order valence-corrected chi connectivity index (χ0v) is 9.71. The van der Waals surface area contributed by atoms with Crippen LogP contribution < -0.4 is 0 Å². The van der Waals surface area contributed by atoms with Crippen molar-refractivity contribution in [3.8, 4) is 0 Å². The molecule has 0 aliphatic heterocycles. The number of hydrogen-bond donors (Lipinski definition) is 1. The number of Topliss-reactive ketones (excluding diaryl/α,β-unsaturated/α-hetero) is 1. The van der Waals surface area contributed by atoms with E-state index < -0.39 is 0 Å². The smallest absolute Gasteiger partial charge is 0.214 e. The van der Waals surface area contributed by atoms with E-state index in [1.54, 1.807) is 18.3 Å². The highest BCUT2D eigenvalue weighted by Gasteiger charge is 2.06. The molecule has 0 aliphatic rings. The van der Waals surface area contributed by atoms with E-state index in [-0.39, 0.29) is 5.78 Å². The van der Waals surface area contributed by atoms with Crippen LogP contribution >= 0.6 is 11.8 Å². The number of aromatic nitrogens is 4. The van der Waals surface area contributed by atoms with Gasteiger partial charge in [-0.3, -0.25) is 9.89 Å². The van der Waals surface area contributed by atoms with Gasteiger partial charge in [0.15, 0.2) is 5.78 Å².